The molecule has 4 nitrogen and oxygen atoms in total. The lowest BCUT2D eigenvalue weighted by atomic mass is 9.94. The first-order valence-corrected chi connectivity index (χ1v) is 6.57. The van der Waals surface area contributed by atoms with Crippen molar-refractivity contribution in [2.75, 3.05) is 6.54 Å². The topological polar surface area (TPSA) is 78.5 Å². The van der Waals surface area contributed by atoms with E-state index in [1.165, 1.54) is 0 Å². The van der Waals surface area contributed by atoms with Crippen molar-refractivity contribution < 1.29 is 10.2 Å². The van der Waals surface area contributed by atoms with Crippen LogP contribution in [0.1, 0.15) is 18.4 Å². The molecule has 0 unspecified atom stereocenters. The molecule has 1 aromatic carbocycles. The van der Waals surface area contributed by atoms with Gasteiger partial charge in [0.15, 0.2) is 0 Å². The largest absolute Gasteiger partial charge is 0.389 e. The van der Waals surface area contributed by atoms with Crippen LogP contribution >= 0.6 is 0 Å². The van der Waals surface area contributed by atoms with Crippen LogP contribution in [0.4, 0.5) is 0 Å². The summed E-state index contributed by atoms with van der Waals surface area (Å²) in [6.45, 7) is 0.905. The van der Waals surface area contributed by atoms with E-state index >= 15 is 0 Å². The molecule has 0 amide bonds. The third kappa shape index (κ3) is 3.29. The molecule has 2 rings (SSSR count). The van der Waals surface area contributed by atoms with E-state index in [1.54, 1.807) is 0 Å². The third-order valence-electron chi connectivity index (χ3n) is 3.61. The Morgan fingerprint density at radius 2 is 2.00 bits per heavy atom. The van der Waals surface area contributed by atoms with E-state index in [4.69, 9.17) is 5.73 Å². The van der Waals surface area contributed by atoms with Gasteiger partial charge in [0, 0.05) is 12.1 Å². The molecule has 1 aliphatic heterocycles. The summed E-state index contributed by atoms with van der Waals surface area (Å²) in [5.41, 5.74) is 7.06. The summed E-state index contributed by atoms with van der Waals surface area (Å²) in [5, 5.41) is 23.4. The van der Waals surface area contributed by atoms with Gasteiger partial charge < -0.3 is 21.3 Å². The fourth-order valence-electron chi connectivity index (χ4n) is 2.50. The highest BCUT2D eigenvalue weighted by molar-refractivity contribution is 5.16. The average Bonchev–Trinajstić information content (AvgIpc) is 2.92. The van der Waals surface area contributed by atoms with Crippen LogP contribution < -0.4 is 11.1 Å². The highest BCUT2D eigenvalue weighted by atomic mass is 16.3. The maximum atomic E-state index is 10.1. The van der Waals surface area contributed by atoms with Gasteiger partial charge in [-0.3, -0.25) is 0 Å². The van der Waals surface area contributed by atoms with Crippen LogP contribution in [0.15, 0.2) is 30.3 Å². The van der Waals surface area contributed by atoms with Gasteiger partial charge in [-0.2, -0.15) is 0 Å². The van der Waals surface area contributed by atoms with Crippen molar-refractivity contribution in [3.63, 3.8) is 0 Å². The second kappa shape index (κ2) is 6.29. The summed E-state index contributed by atoms with van der Waals surface area (Å²) >= 11 is 0. The fraction of sp³-hybridized carbons (Fsp3) is 0.571. The number of hydrogen-bond donors (Lipinski definition) is 4. The number of hydrogen-bond acceptors (Lipinski definition) is 4. The lowest BCUT2D eigenvalue weighted by Gasteiger charge is -2.28. The summed E-state index contributed by atoms with van der Waals surface area (Å²) in [5.74, 6) is 0. The minimum absolute atomic E-state index is 0.0261. The predicted octanol–water partition coefficient (Wildman–Crippen LogP) is 0.0302. The Morgan fingerprint density at radius 3 is 2.61 bits per heavy atom. The maximum absolute atomic E-state index is 10.1. The van der Waals surface area contributed by atoms with E-state index in [1.807, 2.05) is 30.3 Å². The number of aliphatic hydroxyl groups is 2. The maximum Gasteiger partial charge on any atom is 0.0968 e. The van der Waals surface area contributed by atoms with Crippen LogP contribution in [-0.2, 0) is 6.42 Å². The Kier molecular flexibility index (Phi) is 4.72. The molecule has 0 aliphatic carbocycles. The minimum atomic E-state index is -0.888. The van der Waals surface area contributed by atoms with Gasteiger partial charge in [0.2, 0.25) is 0 Å². The summed E-state index contributed by atoms with van der Waals surface area (Å²) in [4.78, 5) is 0. The molecule has 1 aromatic rings. The quantitative estimate of drug-likeness (QED) is 0.594. The number of nitrogens with one attached hydrogen (secondary N) is 1. The van der Waals surface area contributed by atoms with Crippen LogP contribution in [0.25, 0.3) is 0 Å². The van der Waals surface area contributed by atoms with E-state index < -0.39 is 18.2 Å². The van der Waals surface area contributed by atoms with Gasteiger partial charge in [0.1, 0.15) is 0 Å². The molecule has 1 heterocycles. The van der Waals surface area contributed by atoms with E-state index in [2.05, 4.69) is 5.32 Å². The number of rotatable bonds is 5. The molecule has 0 bridgehead atoms. The van der Waals surface area contributed by atoms with Crippen molar-refractivity contribution in [3.05, 3.63) is 35.9 Å². The van der Waals surface area contributed by atoms with E-state index in [9.17, 15) is 10.2 Å². The normalized spacial score (nSPS) is 24.7. The number of aliphatic hydroxyl groups excluding tert-OH is 2. The molecule has 0 saturated carbocycles. The second-order valence-electron chi connectivity index (χ2n) is 5.04. The lowest BCUT2D eigenvalue weighted by molar-refractivity contribution is -0.0135. The molecule has 0 aromatic heterocycles. The Morgan fingerprint density at radius 1 is 1.28 bits per heavy atom. The first-order chi connectivity index (χ1) is 8.68. The second-order valence-corrected chi connectivity index (χ2v) is 5.04. The summed E-state index contributed by atoms with van der Waals surface area (Å²) in [6, 6.07) is 9.33. The van der Waals surface area contributed by atoms with Gasteiger partial charge >= 0.3 is 0 Å². The first-order valence-electron chi connectivity index (χ1n) is 6.57. The molecule has 100 valence electrons. The lowest BCUT2D eigenvalue weighted by Crippen LogP contribution is -2.51. The molecule has 4 heteroatoms. The van der Waals surface area contributed by atoms with Gasteiger partial charge in [-0.25, -0.2) is 0 Å². The van der Waals surface area contributed by atoms with Crippen LogP contribution in [0.5, 0.6) is 0 Å². The van der Waals surface area contributed by atoms with Crippen molar-refractivity contribution in [1.29, 1.82) is 0 Å². The Balaban J connectivity index is 1.89. The van der Waals surface area contributed by atoms with Crippen molar-refractivity contribution in [1.82, 2.24) is 5.32 Å². The molecule has 1 fully saturated rings. The van der Waals surface area contributed by atoms with Gasteiger partial charge in [0.25, 0.3) is 0 Å². The average molecular weight is 250 g/mol. The third-order valence-corrected chi connectivity index (χ3v) is 3.61. The SMILES string of the molecule is N[C@@H](Cc1ccccc1)[C@H](O)[C@@H](O)[C@@H]1CCCN1. The van der Waals surface area contributed by atoms with Crippen molar-refractivity contribution in [2.45, 2.75) is 43.6 Å². The van der Waals surface area contributed by atoms with E-state index in [0.717, 1.165) is 24.9 Å². The molecular formula is C14H22N2O2. The fourth-order valence-corrected chi connectivity index (χ4v) is 2.50. The summed E-state index contributed by atoms with van der Waals surface area (Å²) < 4.78 is 0. The zero-order valence-electron chi connectivity index (χ0n) is 10.5. The molecule has 1 aliphatic rings. The van der Waals surface area contributed by atoms with Crippen molar-refractivity contribution in [2.24, 2.45) is 5.73 Å². The van der Waals surface area contributed by atoms with Gasteiger partial charge in [-0.05, 0) is 31.4 Å². The molecule has 0 spiro atoms. The predicted molar refractivity (Wildman–Crippen MR) is 71.2 cm³/mol. The molecule has 0 radical (unpaired) electrons. The highest BCUT2D eigenvalue weighted by Gasteiger charge is 2.31. The number of nitrogens with two attached hydrogens (primary N) is 1. The zero-order valence-corrected chi connectivity index (χ0v) is 10.5. The van der Waals surface area contributed by atoms with Crippen LogP contribution in [0, 0.1) is 0 Å². The van der Waals surface area contributed by atoms with E-state index in [0.29, 0.717) is 6.42 Å². The Bertz CT molecular complexity index is 352. The Labute approximate surface area is 108 Å². The highest BCUT2D eigenvalue weighted by Crippen LogP contribution is 2.15. The molecule has 5 N–H and O–H groups in total. The standard InChI is InChI=1S/C14H22N2O2/c15-11(9-10-5-2-1-3-6-10)13(17)14(18)12-7-4-8-16-12/h1-3,5-6,11-14,16-18H,4,7-9,15H2/t11-,12-,13-,14-/m0/s1. The van der Waals surface area contributed by atoms with Crippen molar-refractivity contribution >= 4 is 0 Å². The first kappa shape index (κ1) is 13.5. The Hall–Kier alpha value is -0.940. The summed E-state index contributed by atoms with van der Waals surface area (Å²) in [7, 11) is 0. The smallest absolute Gasteiger partial charge is 0.0968 e. The molecule has 4 atom stereocenters. The summed E-state index contributed by atoms with van der Waals surface area (Å²) in [6.07, 6.45) is 0.844. The van der Waals surface area contributed by atoms with E-state index in [-0.39, 0.29) is 6.04 Å². The van der Waals surface area contributed by atoms with Gasteiger partial charge in [-0.1, -0.05) is 30.3 Å². The van der Waals surface area contributed by atoms with Crippen LogP contribution in [0.3, 0.4) is 0 Å². The molecular weight excluding hydrogens is 228 g/mol. The van der Waals surface area contributed by atoms with Crippen molar-refractivity contribution in [3.8, 4) is 0 Å². The van der Waals surface area contributed by atoms with Crippen LogP contribution in [0.2, 0.25) is 0 Å². The number of benzene rings is 1. The van der Waals surface area contributed by atoms with Gasteiger partial charge in [0.05, 0.1) is 12.2 Å². The van der Waals surface area contributed by atoms with Crippen LogP contribution in [-0.4, -0.2) is 41.0 Å². The zero-order chi connectivity index (χ0) is 13.0. The minimum Gasteiger partial charge on any atom is -0.389 e. The molecule has 18 heavy (non-hydrogen) atoms. The molecule has 1 saturated heterocycles. The van der Waals surface area contributed by atoms with Gasteiger partial charge in [-0.15, -0.1) is 0 Å². The monoisotopic (exact) mass is 250 g/mol.